The highest BCUT2D eigenvalue weighted by Crippen LogP contribution is 2.36. The molecule has 2 heterocycles. The Kier molecular flexibility index (Phi) is 4.76. The van der Waals surface area contributed by atoms with Gasteiger partial charge in [-0.3, -0.25) is 4.98 Å². The third-order valence-electron chi connectivity index (χ3n) is 4.57. The summed E-state index contributed by atoms with van der Waals surface area (Å²) in [6.07, 6.45) is 5.39. The van der Waals surface area contributed by atoms with E-state index in [2.05, 4.69) is 10.3 Å². The normalized spacial score (nSPS) is 14.2. The quantitative estimate of drug-likeness (QED) is 0.683. The van der Waals surface area contributed by atoms with Crippen LogP contribution in [0.1, 0.15) is 22.3 Å². The molecule has 1 aliphatic heterocycles. The Hall–Kier alpha value is -3.67. The van der Waals surface area contributed by atoms with Gasteiger partial charge in [-0.15, -0.1) is 0 Å². The molecule has 0 radical (unpaired) electrons. The van der Waals surface area contributed by atoms with E-state index < -0.39 is 5.97 Å². The van der Waals surface area contributed by atoms with Crippen LogP contribution in [-0.2, 0) is 0 Å². The number of nitrogens with one attached hydrogen (secondary N) is 1. The number of nitrogens with zero attached hydrogens (tertiary/aromatic N) is 1. The fourth-order valence-electron chi connectivity index (χ4n) is 3.17. The van der Waals surface area contributed by atoms with Crippen molar-refractivity contribution in [2.75, 3.05) is 11.9 Å². The van der Waals surface area contributed by atoms with Gasteiger partial charge in [-0.2, -0.15) is 0 Å². The molecular formula is C22H17FN2O3. The van der Waals surface area contributed by atoms with Crippen molar-refractivity contribution < 1.29 is 19.0 Å². The number of aromatic carboxylic acids is 1. The van der Waals surface area contributed by atoms with E-state index in [1.165, 1.54) is 30.6 Å². The van der Waals surface area contributed by atoms with Gasteiger partial charge in [0.05, 0.1) is 24.1 Å². The van der Waals surface area contributed by atoms with E-state index >= 15 is 0 Å². The van der Waals surface area contributed by atoms with Crippen molar-refractivity contribution in [1.82, 2.24) is 4.98 Å². The highest BCUT2D eigenvalue weighted by atomic mass is 19.1. The fourth-order valence-corrected chi connectivity index (χ4v) is 3.17. The molecule has 0 amide bonds. The summed E-state index contributed by atoms with van der Waals surface area (Å²) in [6.45, 7) is 0.506. The van der Waals surface area contributed by atoms with Crippen LogP contribution in [0.2, 0.25) is 0 Å². The summed E-state index contributed by atoms with van der Waals surface area (Å²) < 4.78 is 19.3. The zero-order chi connectivity index (χ0) is 19.5. The van der Waals surface area contributed by atoms with Crippen LogP contribution in [-0.4, -0.2) is 22.7 Å². The Balaban J connectivity index is 1.64. The summed E-state index contributed by atoms with van der Waals surface area (Å²) in [6, 6.07) is 13.6. The van der Waals surface area contributed by atoms with Crippen molar-refractivity contribution in [3.63, 3.8) is 0 Å². The molecule has 6 heteroatoms. The molecule has 140 valence electrons. The summed E-state index contributed by atoms with van der Waals surface area (Å²) in [5, 5.41) is 12.3. The smallest absolute Gasteiger partial charge is 0.337 e. The van der Waals surface area contributed by atoms with Crippen molar-refractivity contribution in [3.8, 4) is 16.9 Å². The number of carboxylic acids is 1. The zero-order valence-electron chi connectivity index (χ0n) is 14.9. The number of fused-ring (bicyclic) bond motifs is 1. The summed E-state index contributed by atoms with van der Waals surface area (Å²) in [4.78, 5) is 15.3. The number of anilines is 1. The van der Waals surface area contributed by atoms with E-state index in [1.807, 2.05) is 24.3 Å². The Morgan fingerprint density at radius 3 is 2.86 bits per heavy atom. The van der Waals surface area contributed by atoms with Gasteiger partial charge < -0.3 is 15.2 Å². The molecule has 2 aromatic carbocycles. The molecule has 3 aromatic rings. The van der Waals surface area contributed by atoms with Crippen molar-refractivity contribution in [2.45, 2.75) is 6.42 Å². The largest absolute Gasteiger partial charge is 0.493 e. The lowest BCUT2D eigenvalue weighted by molar-refractivity contribution is 0.0698. The molecule has 0 unspecified atom stereocenters. The van der Waals surface area contributed by atoms with Crippen LogP contribution in [0, 0.1) is 5.82 Å². The third-order valence-corrected chi connectivity index (χ3v) is 4.57. The van der Waals surface area contributed by atoms with Gasteiger partial charge in [-0.25, -0.2) is 9.18 Å². The number of benzene rings is 2. The van der Waals surface area contributed by atoms with Crippen LogP contribution in [0.25, 0.3) is 16.7 Å². The van der Waals surface area contributed by atoms with Crippen molar-refractivity contribution >= 4 is 17.2 Å². The molecule has 28 heavy (non-hydrogen) atoms. The summed E-state index contributed by atoms with van der Waals surface area (Å²) in [5.41, 5.74) is 4.13. The molecule has 4 rings (SSSR count). The number of hydrogen-bond acceptors (Lipinski definition) is 4. The zero-order valence-corrected chi connectivity index (χ0v) is 14.9. The highest BCUT2D eigenvalue weighted by molar-refractivity contribution is 5.94. The first-order valence-corrected chi connectivity index (χ1v) is 8.78. The van der Waals surface area contributed by atoms with Gasteiger partial charge >= 0.3 is 5.97 Å². The number of halogens is 1. The van der Waals surface area contributed by atoms with Crippen LogP contribution in [0.15, 0.2) is 67.1 Å². The maximum absolute atomic E-state index is 13.5. The van der Waals surface area contributed by atoms with E-state index in [0.717, 1.165) is 22.3 Å². The Morgan fingerprint density at radius 2 is 2.04 bits per heavy atom. The van der Waals surface area contributed by atoms with Crippen LogP contribution in [0.3, 0.4) is 0 Å². The second kappa shape index (κ2) is 7.52. The van der Waals surface area contributed by atoms with Crippen LogP contribution in [0.4, 0.5) is 10.1 Å². The van der Waals surface area contributed by atoms with Gasteiger partial charge in [0.1, 0.15) is 11.6 Å². The predicted octanol–water partition coefficient (Wildman–Crippen LogP) is 4.82. The fraction of sp³-hybridized carbons (Fsp3) is 0.0909. The predicted molar refractivity (Wildman–Crippen MR) is 105 cm³/mol. The number of carbonyl (C=O) groups is 1. The first-order chi connectivity index (χ1) is 13.6. The molecule has 0 saturated carbocycles. The van der Waals surface area contributed by atoms with Gasteiger partial charge in [0.2, 0.25) is 0 Å². The lowest BCUT2D eigenvalue weighted by Crippen LogP contribution is -2.09. The molecule has 1 aromatic heterocycles. The van der Waals surface area contributed by atoms with E-state index in [4.69, 9.17) is 4.74 Å². The number of rotatable bonds is 4. The molecule has 0 bridgehead atoms. The van der Waals surface area contributed by atoms with Gasteiger partial charge in [0.25, 0.3) is 0 Å². The molecule has 0 atom stereocenters. The summed E-state index contributed by atoms with van der Waals surface area (Å²) >= 11 is 0. The molecule has 5 nitrogen and oxygen atoms in total. The monoisotopic (exact) mass is 376 g/mol. The average molecular weight is 376 g/mol. The molecule has 0 spiro atoms. The van der Waals surface area contributed by atoms with Gasteiger partial charge in [0, 0.05) is 24.4 Å². The molecule has 0 saturated heterocycles. The first-order valence-electron chi connectivity index (χ1n) is 8.78. The Morgan fingerprint density at radius 1 is 1.18 bits per heavy atom. The minimum atomic E-state index is -1.02. The minimum Gasteiger partial charge on any atom is -0.493 e. The average Bonchev–Trinajstić information content (AvgIpc) is 2.72. The number of carboxylic acid groups (broad SMARTS) is 1. The van der Waals surface area contributed by atoms with E-state index in [-0.39, 0.29) is 11.4 Å². The lowest BCUT2D eigenvalue weighted by Gasteiger charge is -2.21. The number of ether oxygens (including phenoxy) is 1. The van der Waals surface area contributed by atoms with E-state index in [9.17, 15) is 14.3 Å². The molecule has 1 aliphatic rings. The van der Waals surface area contributed by atoms with Gasteiger partial charge in [-0.05, 0) is 41.0 Å². The maximum atomic E-state index is 13.5. The lowest BCUT2D eigenvalue weighted by atomic mass is 9.96. The number of aromatic nitrogens is 1. The third kappa shape index (κ3) is 3.57. The minimum absolute atomic E-state index is 0.153. The molecular weight excluding hydrogens is 359 g/mol. The molecule has 2 N–H and O–H groups in total. The molecule has 0 fully saturated rings. The summed E-state index contributed by atoms with van der Waals surface area (Å²) in [7, 11) is 0. The van der Waals surface area contributed by atoms with Gasteiger partial charge in [-0.1, -0.05) is 24.3 Å². The topological polar surface area (TPSA) is 71.5 Å². The first kappa shape index (κ1) is 17.7. The van der Waals surface area contributed by atoms with Gasteiger partial charge in [0.15, 0.2) is 0 Å². The van der Waals surface area contributed by atoms with Crippen molar-refractivity contribution in [3.05, 3.63) is 84.1 Å². The highest BCUT2D eigenvalue weighted by Gasteiger charge is 2.17. The molecule has 0 aliphatic carbocycles. The number of pyridine rings is 1. The van der Waals surface area contributed by atoms with E-state index in [0.29, 0.717) is 24.5 Å². The van der Waals surface area contributed by atoms with Crippen LogP contribution >= 0.6 is 0 Å². The Bertz CT molecular complexity index is 1080. The Labute approximate surface area is 161 Å². The van der Waals surface area contributed by atoms with Crippen LogP contribution in [0.5, 0.6) is 5.75 Å². The maximum Gasteiger partial charge on any atom is 0.337 e. The van der Waals surface area contributed by atoms with Crippen LogP contribution < -0.4 is 10.1 Å². The van der Waals surface area contributed by atoms with Crippen molar-refractivity contribution in [2.24, 2.45) is 0 Å². The standard InChI is InChI=1S/C22H17FN2O3/c23-17-3-1-2-14(10-17)15-4-5-18-16(7-9-28-21(18)11-15)12-25-20-13-24-8-6-19(20)22(26)27/h1-6,8,10-13,25H,7,9H2,(H,26,27)/b16-12+. The van der Waals surface area contributed by atoms with Crippen molar-refractivity contribution in [1.29, 1.82) is 0 Å². The summed E-state index contributed by atoms with van der Waals surface area (Å²) in [5.74, 6) is -0.590. The number of hydrogen-bond donors (Lipinski definition) is 2. The second-order valence-electron chi connectivity index (χ2n) is 6.36. The second-order valence-corrected chi connectivity index (χ2v) is 6.36. The SMILES string of the molecule is O=C(O)c1ccncc1N/C=C1\CCOc2cc(-c3cccc(F)c3)ccc21. The van der Waals surface area contributed by atoms with E-state index in [1.54, 1.807) is 12.3 Å².